The van der Waals surface area contributed by atoms with Crippen molar-refractivity contribution in [3.63, 3.8) is 0 Å². The van der Waals surface area contributed by atoms with Crippen molar-refractivity contribution in [3.05, 3.63) is 80.6 Å². The summed E-state index contributed by atoms with van der Waals surface area (Å²) in [6.45, 7) is 1.44. The van der Waals surface area contributed by atoms with Crippen LogP contribution >= 0.6 is 11.6 Å². The van der Waals surface area contributed by atoms with Gasteiger partial charge in [0.05, 0.1) is 16.6 Å². The fraction of sp³-hybridized carbons (Fsp3) is 0.136. The van der Waals surface area contributed by atoms with E-state index in [-0.39, 0.29) is 11.5 Å². The number of hydrogen-bond donors (Lipinski definition) is 1. The average molecular weight is 423 g/mol. The Balaban J connectivity index is 2.11. The number of carbonyl (C=O) groups excluding carboxylic acids is 1. The maximum atomic E-state index is 13.1. The molecule has 0 aliphatic rings. The molecule has 8 heteroatoms. The summed E-state index contributed by atoms with van der Waals surface area (Å²) in [6, 6.07) is 14.4. The molecule has 2 aromatic carbocycles. The van der Waals surface area contributed by atoms with Gasteiger partial charge in [-0.2, -0.15) is 0 Å². The van der Waals surface area contributed by atoms with Gasteiger partial charge in [-0.15, -0.1) is 0 Å². The lowest BCUT2D eigenvalue weighted by Crippen LogP contribution is -2.36. The highest BCUT2D eigenvalue weighted by atomic mass is 35.5. The third-order valence-electron chi connectivity index (χ3n) is 5.00. The smallest absolute Gasteiger partial charge is 0.326 e. The Bertz CT molecular complexity index is 1410. The van der Waals surface area contributed by atoms with Crippen LogP contribution in [0.15, 0.2) is 64.3 Å². The second-order valence-corrected chi connectivity index (χ2v) is 7.49. The Morgan fingerprint density at radius 1 is 1.00 bits per heavy atom. The van der Waals surface area contributed by atoms with Gasteiger partial charge in [-0.1, -0.05) is 29.8 Å². The van der Waals surface area contributed by atoms with Gasteiger partial charge in [-0.05, 0) is 35.9 Å². The van der Waals surface area contributed by atoms with E-state index in [1.807, 2.05) is 34.9 Å². The number of carbonyl (C=O) groups is 1. The highest BCUT2D eigenvalue weighted by Crippen LogP contribution is 2.32. The Labute approximate surface area is 176 Å². The molecule has 0 fully saturated rings. The number of amides is 1. The van der Waals surface area contributed by atoms with Gasteiger partial charge < -0.3 is 9.88 Å². The molecule has 30 heavy (non-hydrogen) atoms. The molecule has 2 aromatic heterocycles. The first-order valence-corrected chi connectivity index (χ1v) is 9.60. The summed E-state index contributed by atoms with van der Waals surface area (Å²) in [5, 5.41) is 3.77. The van der Waals surface area contributed by atoms with E-state index in [0.29, 0.717) is 27.3 Å². The first-order chi connectivity index (χ1) is 14.3. The van der Waals surface area contributed by atoms with Gasteiger partial charge in [-0.3, -0.25) is 18.7 Å². The number of aromatic nitrogens is 3. The van der Waals surface area contributed by atoms with Crippen molar-refractivity contribution in [2.24, 2.45) is 14.1 Å². The van der Waals surface area contributed by atoms with Crippen molar-refractivity contribution in [2.45, 2.75) is 6.92 Å². The van der Waals surface area contributed by atoms with Crippen molar-refractivity contribution < 1.29 is 4.79 Å². The lowest BCUT2D eigenvalue weighted by molar-refractivity contribution is -0.114. The Hall–Kier alpha value is -3.58. The zero-order valence-corrected chi connectivity index (χ0v) is 17.4. The minimum absolute atomic E-state index is 0.181. The number of anilines is 1. The van der Waals surface area contributed by atoms with E-state index in [4.69, 9.17) is 11.6 Å². The third-order valence-corrected chi connectivity index (χ3v) is 5.25. The third kappa shape index (κ3) is 3.23. The summed E-state index contributed by atoms with van der Waals surface area (Å²) in [5.41, 5.74) is 2.50. The summed E-state index contributed by atoms with van der Waals surface area (Å²) >= 11 is 6.06. The summed E-state index contributed by atoms with van der Waals surface area (Å²) < 4.78 is 4.39. The number of rotatable bonds is 3. The van der Waals surface area contributed by atoms with Crippen molar-refractivity contribution in [2.75, 3.05) is 5.32 Å². The molecule has 0 spiro atoms. The zero-order chi connectivity index (χ0) is 21.6. The molecule has 4 rings (SSSR count). The molecule has 1 N–H and O–H groups in total. The van der Waals surface area contributed by atoms with Gasteiger partial charge in [0, 0.05) is 43.6 Å². The molecular formula is C22H19ClN4O3. The largest absolute Gasteiger partial charge is 0.330 e. The number of nitrogens with one attached hydrogen (secondary N) is 1. The van der Waals surface area contributed by atoms with Crippen LogP contribution in [0.2, 0.25) is 5.02 Å². The lowest BCUT2D eigenvalue weighted by atomic mass is 10.1. The minimum Gasteiger partial charge on any atom is -0.326 e. The van der Waals surface area contributed by atoms with Crippen LogP contribution in [0.25, 0.3) is 27.8 Å². The standard InChI is InChI=1S/C22H19ClN4O3/c1-13(28)24-16-5-4-6-17(11-16)27-12-18-19(21(29)26(3)22(30)25(18)2)20(27)14-7-9-15(23)10-8-14/h4-12H,1-3H3,(H,24,28). The highest BCUT2D eigenvalue weighted by Gasteiger charge is 2.20. The van der Waals surface area contributed by atoms with Crippen molar-refractivity contribution in [1.29, 1.82) is 0 Å². The van der Waals surface area contributed by atoms with Crippen LogP contribution < -0.4 is 16.6 Å². The fourth-order valence-corrected chi connectivity index (χ4v) is 3.70. The molecule has 0 saturated heterocycles. The molecule has 4 aromatic rings. The van der Waals surface area contributed by atoms with Crippen LogP contribution in [0.5, 0.6) is 0 Å². The van der Waals surface area contributed by atoms with Crippen LogP contribution in [0.1, 0.15) is 6.92 Å². The van der Waals surface area contributed by atoms with Gasteiger partial charge >= 0.3 is 5.69 Å². The van der Waals surface area contributed by atoms with Crippen LogP contribution in [0, 0.1) is 0 Å². The maximum absolute atomic E-state index is 13.1. The number of benzene rings is 2. The number of aryl methyl sites for hydroxylation is 1. The fourth-order valence-electron chi connectivity index (χ4n) is 3.57. The van der Waals surface area contributed by atoms with E-state index >= 15 is 0 Å². The van der Waals surface area contributed by atoms with E-state index in [0.717, 1.165) is 15.8 Å². The van der Waals surface area contributed by atoms with E-state index in [1.54, 1.807) is 31.4 Å². The summed E-state index contributed by atoms with van der Waals surface area (Å²) in [5.74, 6) is -0.181. The van der Waals surface area contributed by atoms with Crippen LogP contribution in [-0.2, 0) is 18.9 Å². The first-order valence-electron chi connectivity index (χ1n) is 9.23. The number of nitrogens with zero attached hydrogens (tertiary/aromatic N) is 3. The quantitative estimate of drug-likeness (QED) is 0.550. The second kappa shape index (κ2) is 7.35. The molecule has 0 radical (unpaired) electrons. The van der Waals surface area contributed by atoms with Crippen molar-refractivity contribution in [3.8, 4) is 16.9 Å². The molecule has 2 heterocycles. The van der Waals surface area contributed by atoms with E-state index < -0.39 is 5.69 Å². The molecule has 0 unspecified atom stereocenters. The summed E-state index contributed by atoms with van der Waals surface area (Å²) in [7, 11) is 3.10. The first kappa shape index (κ1) is 19.7. The SMILES string of the molecule is CC(=O)Nc1cccc(-n2cc3c(c2-c2ccc(Cl)cc2)c(=O)n(C)c(=O)n3C)c1. The van der Waals surface area contributed by atoms with E-state index in [2.05, 4.69) is 5.32 Å². The predicted molar refractivity (Wildman–Crippen MR) is 119 cm³/mol. The predicted octanol–water partition coefficient (Wildman–Crippen LogP) is 3.31. The number of hydrogen-bond acceptors (Lipinski definition) is 3. The molecule has 0 bridgehead atoms. The van der Waals surface area contributed by atoms with E-state index in [9.17, 15) is 14.4 Å². The Morgan fingerprint density at radius 3 is 2.37 bits per heavy atom. The van der Waals surface area contributed by atoms with Gasteiger partial charge in [0.25, 0.3) is 5.56 Å². The van der Waals surface area contributed by atoms with Crippen LogP contribution in [0.3, 0.4) is 0 Å². The molecule has 0 aliphatic heterocycles. The minimum atomic E-state index is -0.403. The summed E-state index contributed by atoms with van der Waals surface area (Å²) in [4.78, 5) is 37.0. The van der Waals surface area contributed by atoms with E-state index in [1.165, 1.54) is 18.5 Å². The Morgan fingerprint density at radius 2 is 1.70 bits per heavy atom. The Kier molecular flexibility index (Phi) is 4.83. The van der Waals surface area contributed by atoms with Crippen molar-refractivity contribution in [1.82, 2.24) is 13.7 Å². The summed E-state index contributed by atoms with van der Waals surface area (Å²) in [6.07, 6.45) is 1.76. The number of halogens is 1. The normalized spacial score (nSPS) is 11.1. The molecule has 152 valence electrons. The zero-order valence-electron chi connectivity index (χ0n) is 16.6. The number of fused-ring (bicyclic) bond motifs is 1. The second-order valence-electron chi connectivity index (χ2n) is 7.05. The molecule has 1 amide bonds. The molecule has 0 saturated carbocycles. The molecule has 0 atom stereocenters. The van der Waals surface area contributed by atoms with Crippen LogP contribution in [-0.4, -0.2) is 19.6 Å². The average Bonchev–Trinajstić information content (AvgIpc) is 3.12. The van der Waals surface area contributed by atoms with Crippen molar-refractivity contribution >= 4 is 34.1 Å². The molecular weight excluding hydrogens is 404 g/mol. The lowest BCUT2D eigenvalue weighted by Gasteiger charge is -2.12. The van der Waals surface area contributed by atoms with Gasteiger partial charge in [0.15, 0.2) is 0 Å². The monoisotopic (exact) mass is 422 g/mol. The van der Waals surface area contributed by atoms with Gasteiger partial charge in [0.1, 0.15) is 0 Å². The van der Waals surface area contributed by atoms with Gasteiger partial charge in [0.2, 0.25) is 5.91 Å². The highest BCUT2D eigenvalue weighted by molar-refractivity contribution is 6.30. The topological polar surface area (TPSA) is 78.0 Å². The molecule has 7 nitrogen and oxygen atoms in total. The maximum Gasteiger partial charge on any atom is 0.330 e. The molecule has 0 aliphatic carbocycles. The van der Waals surface area contributed by atoms with Crippen LogP contribution in [0.4, 0.5) is 5.69 Å². The van der Waals surface area contributed by atoms with Gasteiger partial charge in [-0.25, -0.2) is 4.79 Å².